The van der Waals surface area contributed by atoms with Gasteiger partial charge in [-0.15, -0.1) is 0 Å². The van der Waals surface area contributed by atoms with Crippen molar-refractivity contribution in [2.45, 2.75) is 58.0 Å². The van der Waals surface area contributed by atoms with Gasteiger partial charge in [0.25, 0.3) is 10.1 Å². The zero-order valence-electron chi connectivity index (χ0n) is 10.0. The Labute approximate surface area is 98.7 Å². The molecule has 94 valence electrons. The molecule has 0 N–H and O–H groups in total. The van der Waals surface area contributed by atoms with Crippen LogP contribution >= 0.6 is 0 Å². The van der Waals surface area contributed by atoms with Crippen molar-refractivity contribution in [3.05, 3.63) is 0 Å². The van der Waals surface area contributed by atoms with E-state index in [0.29, 0.717) is 0 Å². The molecule has 2 saturated carbocycles. The third kappa shape index (κ3) is 2.98. The molecule has 16 heavy (non-hydrogen) atoms. The lowest BCUT2D eigenvalue weighted by molar-refractivity contribution is 0.0689. The lowest BCUT2D eigenvalue weighted by atomic mass is 9.70. The van der Waals surface area contributed by atoms with Gasteiger partial charge in [-0.3, -0.25) is 4.18 Å². The second kappa shape index (κ2) is 5.05. The third-order valence-corrected chi connectivity index (χ3v) is 5.40. The van der Waals surface area contributed by atoms with Crippen LogP contribution in [-0.4, -0.2) is 20.3 Å². The number of hydrogen-bond acceptors (Lipinski definition) is 3. The molecule has 2 rings (SSSR count). The second-order valence-electron chi connectivity index (χ2n) is 5.18. The normalized spacial score (nSPS) is 35.7. The van der Waals surface area contributed by atoms with Crippen LogP contribution in [0.1, 0.15) is 51.9 Å². The van der Waals surface area contributed by atoms with Gasteiger partial charge in [-0.05, 0) is 38.0 Å². The summed E-state index contributed by atoms with van der Waals surface area (Å²) in [4.78, 5) is 0. The molecular formula is C12H22O3S. The maximum absolute atomic E-state index is 11.4. The van der Waals surface area contributed by atoms with Gasteiger partial charge in [-0.25, -0.2) is 0 Å². The Morgan fingerprint density at radius 2 is 1.75 bits per heavy atom. The van der Waals surface area contributed by atoms with Crippen LogP contribution in [0.5, 0.6) is 0 Å². The third-order valence-electron chi connectivity index (χ3n) is 4.13. The minimum atomic E-state index is -3.26. The minimum absolute atomic E-state index is 0.0377. The van der Waals surface area contributed by atoms with Crippen LogP contribution in [0.15, 0.2) is 0 Å². The molecule has 0 aromatic rings. The largest absolute Gasteiger partial charge is 0.267 e. The first-order chi connectivity index (χ1) is 7.61. The predicted molar refractivity (Wildman–Crippen MR) is 63.6 cm³/mol. The zero-order chi connectivity index (χ0) is 11.6. The fraction of sp³-hybridized carbons (Fsp3) is 1.00. The SMILES string of the molecule is CCS(=O)(=O)OC1CCC2CCCCC2C1. The van der Waals surface area contributed by atoms with E-state index in [1.54, 1.807) is 6.92 Å². The zero-order valence-corrected chi connectivity index (χ0v) is 10.8. The fourth-order valence-electron chi connectivity index (χ4n) is 3.19. The Morgan fingerprint density at radius 3 is 2.44 bits per heavy atom. The monoisotopic (exact) mass is 246 g/mol. The highest BCUT2D eigenvalue weighted by Crippen LogP contribution is 2.41. The van der Waals surface area contributed by atoms with E-state index in [2.05, 4.69) is 0 Å². The average molecular weight is 246 g/mol. The first-order valence-electron chi connectivity index (χ1n) is 6.51. The maximum atomic E-state index is 11.4. The highest BCUT2D eigenvalue weighted by atomic mass is 32.2. The lowest BCUT2D eigenvalue weighted by Gasteiger charge is -2.38. The maximum Gasteiger partial charge on any atom is 0.267 e. The molecule has 0 aromatic heterocycles. The van der Waals surface area contributed by atoms with Gasteiger partial charge in [-0.2, -0.15) is 8.42 Å². The highest BCUT2D eigenvalue weighted by Gasteiger charge is 2.34. The van der Waals surface area contributed by atoms with Crippen molar-refractivity contribution in [1.29, 1.82) is 0 Å². The van der Waals surface area contributed by atoms with E-state index in [4.69, 9.17) is 4.18 Å². The van der Waals surface area contributed by atoms with E-state index in [-0.39, 0.29) is 11.9 Å². The van der Waals surface area contributed by atoms with E-state index >= 15 is 0 Å². The Morgan fingerprint density at radius 1 is 1.06 bits per heavy atom. The molecule has 0 bridgehead atoms. The molecule has 0 amide bonds. The van der Waals surface area contributed by atoms with Crippen molar-refractivity contribution in [3.8, 4) is 0 Å². The van der Waals surface area contributed by atoms with Crippen LogP contribution < -0.4 is 0 Å². The summed E-state index contributed by atoms with van der Waals surface area (Å²) in [7, 11) is -3.26. The van der Waals surface area contributed by atoms with Gasteiger partial charge in [0, 0.05) is 0 Å². The summed E-state index contributed by atoms with van der Waals surface area (Å²) in [6.45, 7) is 1.64. The van der Waals surface area contributed by atoms with E-state index < -0.39 is 10.1 Å². The molecule has 3 nitrogen and oxygen atoms in total. The Balaban J connectivity index is 1.90. The number of rotatable bonds is 3. The molecular weight excluding hydrogens is 224 g/mol. The molecule has 2 aliphatic carbocycles. The molecule has 3 atom stereocenters. The second-order valence-corrected chi connectivity index (χ2v) is 7.07. The summed E-state index contributed by atoms with van der Waals surface area (Å²) >= 11 is 0. The molecule has 4 heteroatoms. The quantitative estimate of drug-likeness (QED) is 0.719. The number of fused-ring (bicyclic) bond motifs is 1. The number of hydrogen-bond donors (Lipinski definition) is 0. The van der Waals surface area contributed by atoms with Gasteiger partial charge in [0.05, 0.1) is 11.9 Å². The average Bonchev–Trinajstić information content (AvgIpc) is 2.28. The molecule has 0 spiro atoms. The van der Waals surface area contributed by atoms with E-state index in [1.165, 1.54) is 25.7 Å². The van der Waals surface area contributed by atoms with Crippen LogP contribution in [0.2, 0.25) is 0 Å². The van der Waals surface area contributed by atoms with Gasteiger partial charge in [0.15, 0.2) is 0 Å². The van der Waals surface area contributed by atoms with Crippen LogP contribution in [0.4, 0.5) is 0 Å². The summed E-state index contributed by atoms with van der Waals surface area (Å²) < 4.78 is 28.1. The Hall–Kier alpha value is -0.0900. The molecule has 0 aliphatic heterocycles. The van der Waals surface area contributed by atoms with Crippen LogP contribution in [-0.2, 0) is 14.3 Å². The fourth-order valence-corrected chi connectivity index (χ4v) is 3.92. The topological polar surface area (TPSA) is 43.4 Å². The molecule has 0 radical (unpaired) electrons. The summed E-state index contributed by atoms with van der Waals surface area (Å²) in [5.41, 5.74) is 0. The summed E-state index contributed by atoms with van der Waals surface area (Å²) in [6.07, 6.45) is 8.31. The summed E-state index contributed by atoms with van der Waals surface area (Å²) in [5.74, 6) is 1.66. The summed E-state index contributed by atoms with van der Waals surface area (Å²) in [5, 5.41) is 0. The van der Waals surface area contributed by atoms with E-state index in [9.17, 15) is 8.42 Å². The standard InChI is InChI=1S/C12H22O3S/c1-2-16(13,14)15-12-8-7-10-5-3-4-6-11(10)9-12/h10-12H,2-9H2,1H3. The van der Waals surface area contributed by atoms with Gasteiger partial charge in [-0.1, -0.05) is 25.7 Å². The van der Waals surface area contributed by atoms with Gasteiger partial charge in [0.1, 0.15) is 0 Å². The van der Waals surface area contributed by atoms with Crippen molar-refractivity contribution in [2.75, 3.05) is 5.75 Å². The van der Waals surface area contributed by atoms with Gasteiger partial charge >= 0.3 is 0 Å². The van der Waals surface area contributed by atoms with Crippen LogP contribution in [0.3, 0.4) is 0 Å². The molecule has 2 aliphatic rings. The van der Waals surface area contributed by atoms with Gasteiger partial charge in [0.2, 0.25) is 0 Å². The van der Waals surface area contributed by atoms with Crippen molar-refractivity contribution >= 4 is 10.1 Å². The van der Waals surface area contributed by atoms with Crippen LogP contribution in [0.25, 0.3) is 0 Å². The first kappa shape index (κ1) is 12.4. The van der Waals surface area contributed by atoms with Crippen molar-refractivity contribution < 1.29 is 12.6 Å². The molecule has 2 fully saturated rings. The predicted octanol–water partition coefficient (Wildman–Crippen LogP) is 2.71. The minimum Gasteiger partial charge on any atom is -0.267 e. The first-order valence-corrected chi connectivity index (χ1v) is 8.09. The van der Waals surface area contributed by atoms with Gasteiger partial charge < -0.3 is 0 Å². The van der Waals surface area contributed by atoms with Crippen molar-refractivity contribution in [1.82, 2.24) is 0 Å². The lowest BCUT2D eigenvalue weighted by Crippen LogP contribution is -2.33. The van der Waals surface area contributed by atoms with Crippen molar-refractivity contribution in [2.24, 2.45) is 11.8 Å². The van der Waals surface area contributed by atoms with Crippen LogP contribution in [0, 0.1) is 11.8 Å². The Kier molecular flexibility index (Phi) is 3.90. The molecule has 0 heterocycles. The summed E-state index contributed by atoms with van der Waals surface area (Å²) in [6, 6.07) is 0. The van der Waals surface area contributed by atoms with E-state index in [0.717, 1.165) is 31.1 Å². The highest BCUT2D eigenvalue weighted by molar-refractivity contribution is 7.86. The smallest absolute Gasteiger partial charge is 0.267 e. The van der Waals surface area contributed by atoms with E-state index in [1.807, 2.05) is 0 Å². The molecule has 0 saturated heterocycles. The molecule has 3 unspecified atom stereocenters. The molecule has 0 aromatic carbocycles. The Bertz CT molecular complexity index is 323. The van der Waals surface area contributed by atoms with Crippen molar-refractivity contribution in [3.63, 3.8) is 0 Å².